The van der Waals surface area contributed by atoms with Crippen molar-refractivity contribution in [3.8, 4) is 0 Å². The molecule has 1 aromatic heterocycles. The maximum Gasteiger partial charge on any atom is 0.312 e. The second-order valence-corrected chi connectivity index (χ2v) is 4.29. The van der Waals surface area contributed by atoms with Gasteiger partial charge < -0.3 is 9.84 Å². The highest BCUT2D eigenvalue weighted by Crippen LogP contribution is 2.31. The van der Waals surface area contributed by atoms with Crippen LogP contribution in [0.15, 0.2) is 12.3 Å². The van der Waals surface area contributed by atoms with Gasteiger partial charge in [-0.2, -0.15) is 0 Å². The molecule has 1 aliphatic heterocycles. The van der Waals surface area contributed by atoms with E-state index in [4.69, 9.17) is 4.74 Å². The average molecular weight is 236 g/mol. The minimum atomic E-state index is -0.810. The van der Waals surface area contributed by atoms with E-state index in [-0.39, 0.29) is 5.92 Å². The van der Waals surface area contributed by atoms with Gasteiger partial charge in [-0.3, -0.25) is 4.79 Å². The number of carboxylic acid groups (broad SMARTS) is 1. The predicted octanol–water partition coefficient (Wildman–Crippen LogP) is 1.38. The zero-order valence-corrected chi connectivity index (χ0v) is 9.80. The van der Waals surface area contributed by atoms with Crippen LogP contribution in [-0.2, 0) is 9.53 Å². The molecule has 2 rings (SSSR count). The molecule has 5 heteroatoms. The Morgan fingerprint density at radius 2 is 2.24 bits per heavy atom. The fourth-order valence-electron chi connectivity index (χ4n) is 2.27. The van der Waals surface area contributed by atoms with Gasteiger partial charge in [0.05, 0.1) is 5.69 Å². The van der Waals surface area contributed by atoms with Crippen molar-refractivity contribution >= 4 is 5.97 Å². The predicted molar refractivity (Wildman–Crippen MR) is 60.7 cm³/mol. The van der Waals surface area contributed by atoms with E-state index in [9.17, 15) is 9.90 Å². The fourth-order valence-corrected chi connectivity index (χ4v) is 2.27. The van der Waals surface area contributed by atoms with Crippen molar-refractivity contribution in [3.63, 3.8) is 0 Å². The first-order valence-corrected chi connectivity index (χ1v) is 5.78. The summed E-state index contributed by atoms with van der Waals surface area (Å²) in [6.45, 7) is 3.05. The molecule has 0 spiro atoms. The van der Waals surface area contributed by atoms with Crippen LogP contribution in [0.3, 0.4) is 0 Å². The largest absolute Gasteiger partial charge is 0.481 e. The Morgan fingerprint density at radius 1 is 1.53 bits per heavy atom. The number of hydrogen-bond donors (Lipinski definition) is 1. The lowest BCUT2D eigenvalue weighted by molar-refractivity contribution is -0.141. The van der Waals surface area contributed by atoms with Gasteiger partial charge in [0.15, 0.2) is 0 Å². The van der Waals surface area contributed by atoms with Gasteiger partial charge in [0.25, 0.3) is 0 Å². The van der Waals surface area contributed by atoms with E-state index in [0.29, 0.717) is 24.7 Å². The number of aryl methyl sites for hydroxylation is 1. The van der Waals surface area contributed by atoms with Crippen LogP contribution in [0.5, 0.6) is 0 Å². The Labute approximate surface area is 99.9 Å². The summed E-state index contributed by atoms with van der Waals surface area (Å²) in [4.78, 5) is 19.6. The lowest BCUT2D eigenvalue weighted by Gasteiger charge is -2.27. The number of ether oxygens (including phenoxy) is 1. The molecule has 1 fully saturated rings. The molecule has 0 saturated carbocycles. The van der Waals surface area contributed by atoms with Gasteiger partial charge in [-0.1, -0.05) is 0 Å². The maximum absolute atomic E-state index is 11.4. The summed E-state index contributed by atoms with van der Waals surface area (Å²) in [6, 6.07) is 1.70. The summed E-state index contributed by atoms with van der Waals surface area (Å²) in [5, 5.41) is 9.37. The average Bonchev–Trinajstić information content (AvgIpc) is 2.30. The molecular weight excluding hydrogens is 220 g/mol. The minimum Gasteiger partial charge on any atom is -0.481 e. The Kier molecular flexibility index (Phi) is 3.68. The van der Waals surface area contributed by atoms with Crippen LogP contribution in [-0.4, -0.2) is 34.3 Å². The van der Waals surface area contributed by atoms with Gasteiger partial charge in [0.2, 0.25) is 0 Å². The van der Waals surface area contributed by atoms with E-state index >= 15 is 0 Å². The first-order valence-electron chi connectivity index (χ1n) is 5.78. The van der Waals surface area contributed by atoms with Crippen molar-refractivity contribution < 1.29 is 14.6 Å². The molecule has 0 aromatic carbocycles. The minimum absolute atomic E-state index is 0.107. The van der Waals surface area contributed by atoms with Crippen molar-refractivity contribution in [1.82, 2.24) is 9.97 Å². The van der Waals surface area contributed by atoms with Crippen LogP contribution >= 0.6 is 0 Å². The molecule has 1 atom stereocenters. The highest BCUT2D eigenvalue weighted by atomic mass is 16.5. The quantitative estimate of drug-likeness (QED) is 0.858. The molecule has 2 heterocycles. The molecular formula is C12H16N2O3. The van der Waals surface area contributed by atoms with Crippen LogP contribution in [0, 0.1) is 12.8 Å². The third-order valence-corrected chi connectivity index (χ3v) is 3.12. The summed E-state index contributed by atoms with van der Waals surface area (Å²) in [6.07, 6.45) is 3.17. The number of carbonyl (C=O) groups is 1. The van der Waals surface area contributed by atoms with E-state index in [2.05, 4.69) is 9.97 Å². The number of aliphatic carboxylic acids is 1. The highest BCUT2D eigenvalue weighted by molar-refractivity contribution is 5.75. The molecule has 0 amide bonds. The number of rotatable bonds is 3. The van der Waals surface area contributed by atoms with Crippen LogP contribution in [0.4, 0.5) is 0 Å². The first-order chi connectivity index (χ1) is 8.18. The van der Waals surface area contributed by atoms with E-state index in [1.54, 1.807) is 19.2 Å². The van der Waals surface area contributed by atoms with Gasteiger partial charge in [-0.25, -0.2) is 9.97 Å². The number of carboxylic acids is 1. The Balaban J connectivity index is 2.25. The van der Waals surface area contributed by atoms with E-state index in [1.165, 1.54) is 0 Å². The lowest BCUT2D eigenvalue weighted by atomic mass is 9.84. The van der Waals surface area contributed by atoms with Crippen molar-refractivity contribution in [2.24, 2.45) is 5.92 Å². The van der Waals surface area contributed by atoms with Crippen LogP contribution < -0.4 is 0 Å². The molecule has 1 aliphatic rings. The zero-order chi connectivity index (χ0) is 12.3. The monoisotopic (exact) mass is 236 g/mol. The summed E-state index contributed by atoms with van der Waals surface area (Å²) in [5.74, 6) is -0.632. The molecule has 0 aliphatic carbocycles. The smallest absolute Gasteiger partial charge is 0.312 e. The van der Waals surface area contributed by atoms with Gasteiger partial charge in [-0.05, 0) is 31.7 Å². The van der Waals surface area contributed by atoms with Crippen LogP contribution in [0.25, 0.3) is 0 Å². The summed E-state index contributed by atoms with van der Waals surface area (Å²) in [7, 11) is 0. The Bertz CT molecular complexity index is 402. The van der Waals surface area contributed by atoms with Crippen molar-refractivity contribution in [3.05, 3.63) is 23.8 Å². The molecule has 1 N–H and O–H groups in total. The number of aromatic nitrogens is 2. The SMILES string of the molecule is Cc1nccc(C(C(=O)O)C2CCOCC2)n1. The van der Waals surface area contributed by atoms with Gasteiger partial charge in [0.1, 0.15) is 11.7 Å². The molecule has 92 valence electrons. The molecule has 17 heavy (non-hydrogen) atoms. The Morgan fingerprint density at radius 3 is 2.82 bits per heavy atom. The molecule has 5 nitrogen and oxygen atoms in total. The fraction of sp³-hybridized carbons (Fsp3) is 0.583. The lowest BCUT2D eigenvalue weighted by Crippen LogP contribution is -2.28. The van der Waals surface area contributed by atoms with Crippen LogP contribution in [0.1, 0.15) is 30.3 Å². The normalized spacial score (nSPS) is 18.9. The first kappa shape index (κ1) is 12.0. The zero-order valence-electron chi connectivity index (χ0n) is 9.80. The summed E-state index contributed by atoms with van der Waals surface area (Å²) >= 11 is 0. The van der Waals surface area contributed by atoms with E-state index < -0.39 is 11.9 Å². The Hall–Kier alpha value is -1.49. The second kappa shape index (κ2) is 5.23. The molecule has 0 bridgehead atoms. The molecule has 0 radical (unpaired) electrons. The molecule has 1 unspecified atom stereocenters. The van der Waals surface area contributed by atoms with Gasteiger partial charge in [-0.15, -0.1) is 0 Å². The third kappa shape index (κ3) is 2.79. The maximum atomic E-state index is 11.4. The van der Waals surface area contributed by atoms with Crippen molar-refractivity contribution in [2.45, 2.75) is 25.7 Å². The van der Waals surface area contributed by atoms with E-state index in [1.807, 2.05) is 0 Å². The number of hydrogen-bond acceptors (Lipinski definition) is 4. The molecule has 1 aromatic rings. The third-order valence-electron chi connectivity index (χ3n) is 3.12. The van der Waals surface area contributed by atoms with Gasteiger partial charge >= 0.3 is 5.97 Å². The topological polar surface area (TPSA) is 72.3 Å². The highest BCUT2D eigenvalue weighted by Gasteiger charge is 2.32. The number of nitrogens with zero attached hydrogens (tertiary/aromatic N) is 2. The van der Waals surface area contributed by atoms with Crippen LogP contribution in [0.2, 0.25) is 0 Å². The summed E-state index contributed by atoms with van der Waals surface area (Å²) < 4.78 is 5.26. The standard InChI is InChI=1S/C12H16N2O3/c1-8-13-5-2-10(14-8)11(12(15)16)9-3-6-17-7-4-9/h2,5,9,11H,3-4,6-7H2,1H3,(H,15,16). The van der Waals surface area contributed by atoms with Crippen molar-refractivity contribution in [1.29, 1.82) is 0 Å². The second-order valence-electron chi connectivity index (χ2n) is 4.29. The summed E-state index contributed by atoms with van der Waals surface area (Å²) in [5.41, 5.74) is 0.608. The molecule has 1 saturated heterocycles. The van der Waals surface area contributed by atoms with Gasteiger partial charge in [0, 0.05) is 19.4 Å². The van der Waals surface area contributed by atoms with Crippen molar-refractivity contribution in [2.75, 3.05) is 13.2 Å². The van der Waals surface area contributed by atoms with E-state index in [0.717, 1.165) is 12.8 Å².